The third kappa shape index (κ3) is 4.09. The summed E-state index contributed by atoms with van der Waals surface area (Å²) in [7, 11) is 3.67. The molecule has 1 fully saturated rings. The van der Waals surface area contributed by atoms with Gasteiger partial charge in [-0.1, -0.05) is 0 Å². The zero-order chi connectivity index (χ0) is 19.6. The number of aliphatic hydroxyl groups excluding tert-OH is 3. The summed E-state index contributed by atoms with van der Waals surface area (Å²) in [5, 5.41) is 37.8. The van der Waals surface area contributed by atoms with Gasteiger partial charge in [0, 0.05) is 0 Å². The van der Waals surface area contributed by atoms with Gasteiger partial charge in [-0.2, -0.15) is 0 Å². The Morgan fingerprint density at radius 2 is 1.85 bits per heavy atom. The monoisotopic (exact) mass is 370 g/mol. The predicted molar refractivity (Wildman–Crippen MR) is 92.7 cm³/mol. The number of fused-ring (bicyclic) bond motifs is 1. The summed E-state index contributed by atoms with van der Waals surface area (Å²) in [5.41, 5.74) is 5.78. The number of nitrogen functional groups attached to an aromatic ring is 1. The van der Waals surface area contributed by atoms with Crippen molar-refractivity contribution in [2.24, 2.45) is 0 Å². The van der Waals surface area contributed by atoms with Crippen molar-refractivity contribution in [2.75, 3.05) is 26.4 Å². The highest BCUT2D eigenvalue weighted by atomic mass is 16.6. The third-order valence-corrected chi connectivity index (χ3v) is 4.27. The fourth-order valence-electron chi connectivity index (χ4n) is 2.17. The topological polar surface area (TPSA) is 163 Å². The van der Waals surface area contributed by atoms with E-state index in [1.54, 1.807) is 18.7 Å². The molecule has 0 aromatic carbocycles. The van der Waals surface area contributed by atoms with Crippen LogP contribution in [0.5, 0.6) is 0 Å². The molecule has 0 saturated carbocycles. The van der Waals surface area contributed by atoms with Crippen LogP contribution in [0.1, 0.15) is 20.1 Å². The fraction of sp³-hybridized carbons (Fsp3) is 0.667. The molecule has 146 valence electrons. The molecule has 2 aromatic rings. The zero-order valence-corrected chi connectivity index (χ0v) is 15.2. The molecule has 0 bridgehead atoms. The van der Waals surface area contributed by atoms with Crippen molar-refractivity contribution >= 4 is 17.0 Å². The number of hydrogen-bond donors (Lipinski definition) is 5. The van der Waals surface area contributed by atoms with E-state index < -0.39 is 36.9 Å². The fourth-order valence-corrected chi connectivity index (χ4v) is 2.17. The number of hydrogen-bond acceptors (Lipinski definition) is 10. The van der Waals surface area contributed by atoms with Crippen LogP contribution in [0.25, 0.3) is 11.2 Å². The van der Waals surface area contributed by atoms with E-state index in [0.717, 1.165) is 0 Å². The molecule has 1 aliphatic rings. The number of anilines is 1. The minimum absolute atomic E-state index is 0.218. The Kier molecular flexibility index (Phi) is 6.11. The summed E-state index contributed by atoms with van der Waals surface area (Å²) in [4.78, 5) is 13.6. The number of rotatable bonds is 3. The average Bonchev–Trinajstić information content (AvgIpc) is 3.10. The van der Waals surface area contributed by atoms with Crippen LogP contribution >= 0.6 is 0 Å². The number of imidazole rings is 1. The van der Waals surface area contributed by atoms with Gasteiger partial charge < -0.3 is 30.9 Å². The molecule has 11 heteroatoms. The van der Waals surface area contributed by atoms with Crippen LogP contribution in [0.15, 0.2) is 12.7 Å². The molecule has 2 aromatic heterocycles. The van der Waals surface area contributed by atoms with Gasteiger partial charge in [-0.25, -0.2) is 15.0 Å². The number of nitrogens with zero attached hydrogens (tertiary/aromatic N) is 5. The molecule has 1 saturated heterocycles. The summed E-state index contributed by atoms with van der Waals surface area (Å²) in [6, 6.07) is 0. The van der Waals surface area contributed by atoms with Crippen molar-refractivity contribution in [1.82, 2.24) is 24.4 Å². The number of nitrogens with two attached hydrogens (primary N) is 1. The Morgan fingerprint density at radius 1 is 1.23 bits per heavy atom. The van der Waals surface area contributed by atoms with E-state index in [2.05, 4.69) is 15.0 Å². The molecule has 3 heterocycles. The van der Waals surface area contributed by atoms with Crippen molar-refractivity contribution in [3.8, 4) is 0 Å². The third-order valence-electron chi connectivity index (χ3n) is 4.27. The Morgan fingerprint density at radius 3 is 2.35 bits per heavy atom. The number of aromatic nitrogens is 4. The lowest BCUT2D eigenvalue weighted by Gasteiger charge is -2.25. The van der Waals surface area contributed by atoms with Gasteiger partial charge >= 0.3 is 0 Å². The van der Waals surface area contributed by atoms with Gasteiger partial charge in [0.1, 0.15) is 35.9 Å². The molecule has 26 heavy (non-hydrogen) atoms. The van der Waals surface area contributed by atoms with E-state index in [1.807, 2.05) is 14.1 Å². The largest absolute Gasteiger partial charge is 0.394 e. The van der Waals surface area contributed by atoms with Crippen LogP contribution in [0.2, 0.25) is 0 Å². The highest BCUT2D eigenvalue weighted by Gasteiger charge is 2.43. The first kappa shape index (κ1) is 20.4. The highest BCUT2D eigenvalue weighted by molar-refractivity contribution is 5.81. The molecule has 0 aliphatic carbocycles. The first-order valence-electron chi connectivity index (χ1n) is 8.03. The number of ether oxygens (including phenoxy) is 1. The van der Waals surface area contributed by atoms with E-state index in [0.29, 0.717) is 11.2 Å². The summed E-state index contributed by atoms with van der Waals surface area (Å²) in [6.07, 6.45) is -1.42. The lowest BCUT2D eigenvalue weighted by molar-refractivity contribution is -0.0511. The second-order valence-electron chi connectivity index (χ2n) is 6.70. The maximum Gasteiger partial charge on any atom is 0.167 e. The molecular formula is C15H26N6O5. The first-order valence-corrected chi connectivity index (χ1v) is 8.03. The summed E-state index contributed by atoms with van der Waals surface area (Å²) in [5.74, 6) is 0.218. The van der Waals surface area contributed by atoms with Gasteiger partial charge in [0.15, 0.2) is 17.7 Å². The molecule has 11 nitrogen and oxygen atoms in total. The zero-order valence-electron chi connectivity index (χ0n) is 15.2. The van der Waals surface area contributed by atoms with E-state index in [-0.39, 0.29) is 5.82 Å². The Balaban J connectivity index is 0.000000298. The molecule has 6 N–H and O–H groups in total. The minimum atomic E-state index is -1.19. The first-order chi connectivity index (χ1) is 12.1. The normalized spacial score (nSPS) is 26.2. The molecule has 1 aliphatic heterocycles. The second kappa shape index (κ2) is 7.78. The smallest absolute Gasteiger partial charge is 0.167 e. The van der Waals surface area contributed by atoms with Crippen molar-refractivity contribution in [2.45, 2.75) is 44.1 Å². The SMILES string of the molecule is CN(C)C(C)(C)O.Nc1ncnc2c1ncn2[C@@H]1O[C@H](CO)[C@@H](O)[C@H]1O. The molecule has 0 spiro atoms. The molecule has 0 amide bonds. The lowest BCUT2D eigenvalue weighted by atomic mass is 10.1. The van der Waals surface area contributed by atoms with Gasteiger partial charge in [0.05, 0.1) is 12.9 Å². The van der Waals surface area contributed by atoms with Crippen LogP contribution in [0.3, 0.4) is 0 Å². The quantitative estimate of drug-likeness (QED) is 0.393. The van der Waals surface area contributed by atoms with E-state index >= 15 is 0 Å². The Labute approximate surface area is 150 Å². The van der Waals surface area contributed by atoms with Crippen molar-refractivity contribution in [1.29, 1.82) is 0 Å². The van der Waals surface area contributed by atoms with E-state index in [1.165, 1.54) is 17.2 Å². The van der Waals surface area contributed by atoms with Crippen molar-refractivity contribution < 1.29 is 25.2 Å². The van der Waals surface area contributed by atoms with E-state index in [4.69, 9.17) is 20.7 Å². The minimum Gasteiger partial charge on any atom is -0.394 e. The molecule has 4 atom stereocenters. The van der Waals surface area contributed by atoms with Gasteiger partial charge in [-0.05, 0) is 27.9 Å². The molecule has 3 rings (SSSR count). The average molecular weight is 370 g/mol. The summed E-state index contributed by atoms with van der Waals surface area (Å²) < 4.78 is 6.85. The summed E-state index contributed by atoms with van der Waals surface area (Å²) >= 11 is 0. The van der Waals surface area contributed by atoms with Gasteiger partial charge in [0.25, 0.3) is 0 Å². The van der Waals surface area contributed by atoms with Crippen LogP contribution in [0, 0.1) is 0 Å². The molecule has 0 unspecified atom stereocenters. The summed E-state index contributed by atoms with van der Waals surface area (Å²) in [6.45, 7) is 3.10. The van der Waals surface area contributed by atoms with Gasteiger partial charge in [-0.15, -0.1) is 0 Å². The van der Waals surface area contributed by atoms with Crippen molar-refractivity contribution in [3.63, 3.8) is 0 Å². The van der Waals surface area contributed by atoms with Crippen LogP contribution in [-0.4, -0.2) is 89.6 Å². The molecule has 0 radical (unpaired) electrons. The maximum atomic E-state index is 9.95. The van der Waals surface area contributed by atoms with Gasteiger partial charge in [0.2, 0.25) is 0 Å². The van der Waals surface area contributed by atoms with Crippen LogP contribution in [0.4, 0.5) is 5.82 Å². The van der Waals surface area contributed by atoms with Crippen molar-refractivity contribution in [3.05, 3.63) is 12.7 Å². The molecular weight excluding hydrogens is 344 g/mol. The standard InChI is InChI=1S/C10H13N5O4.C5H13NO/c11-8-5-9(13-2-12-8)15(3-14-5)10-7(18)6(17)4(1-16)19-10;1-5(2,7)6(3)4/h2-4,6-7,10,16-18H,1H2,(H2,11,12,13);7H,1-4H3/t4-,6-,7-,10-;/m1./s1. The van der Waals surface area contributed by atoms with E-state index in [9.17, 15) is 10.2 Å². The van der Waals surface area contributed by atoms with Gasteiger partial charge in [-0.3, -0.25) is 9.47 Å². The Hall–Kier alpha value is -1.89. The second-order valence-corrected chi connectivity index (χ2v) is 6.70. The maximum absolute atomic E-state index is 9.95. The van der Waals surface area contributed by atoms with Crippen LogP contribution < -0.4 is 5.73 Å². The van der Waals surface area contributed by atoms with Crippen LogP contribution in [-0.2, 0) is 4.74 Å². The highest BCUT2D eigenvalue weighted by Crippen LogP contribution is 2.31. The lowest BCUT2D eigenvalue weighted by Crippen LogP contribution is -2.37. The predicted octanol–water partition coefficient (Wildman–Crippen LogP) is -1.70. The Bertz CT molecular complexity index is 731. The number of aliphatic hydroxyl groups is 4.